The lowest BCUT2D eigenvalue weighted by Crippen LogP contribution is -2.42. The molecule has 7 nitrogen and oxygen atoms in total. The van der Waals surface area contributed by atoms with E-state index in [0.717, 1.165) is 12.0 Å². The summed E-state index contributed by atoms with van der Waals surface area (Å²) in [4.78, 5) is 26.2. The van der Waals surface area contributed by atoms with Gasteiger partial charge in [-0.25, -0.2) is 4.79 Å². The fourth-order valence-corrected chi connectivity index (χ4v) is 4.86. The summed E-state index contributed by atoms with van der Waals surface area (Å²) in [5.74, 6) is -0.609. The molecule has 0 aromatic heterocycles. The molecule has 26 heavy (non-hydrogen) atoms. The molecular formula is C16H21BN2O5S2. The molecule has 3 rings (SSSR count). The van der Waals surface area contributed by atoms with Crippen molar-refractivity contribution in [2.75, 3.05) is 25.1 Å². The minimum Gasteiger partial charge on any atom is -0.535 e. The van der Waals surface area contributed by atoms with E-state index in [0.29, 0.717) is 24.4 Å². The average molecular weight is 396 g/mol. The average Bonchev–Trinajstić information content (AvgIpc) is 3.05. The summed E-state index contributed by atoms with van der Waals surface area (Å²) in [5.41, 5.74) is 6.65. The molecular weight excluding hydrogens is 375 g/mol. The largest absolute Gasteiger partial charge is 0.536 e. The predicted molar refractivity (Wildman–Crippen MR) is 103 cm³/mol. The van der Waals surface area contributed by atoms with Gasteiger partial charge in [0.05, 0.1) is 10.9 Å². The number of carbonyl (C=O) groups is 2. The van der Waals surface area contributed by atoms with Gasteiger partial charge in [0.25, 0.3) is 0 Å². The number of hydrogen-bond acceptors (Lipinski definition) is 7. The van der Waals surface area contributed by atoms with Crippen molar-refractivity contribution in [3.8, 4) is 5.75 Å². The van der Waals surface area contributed by atoms with Crippen molar-refractivity contribution in [1.82, 2.24) is 4.90 Å². The topological polar surface area (TPSA) is 113 Å². The number of hydrogen-bond donors (Lipinski definition) is 3. The highest BCUT2D eigenvalue weighted by Crippen LogP contribution is 2.38. The summed E-state index contributed by atoms with van der Waals surface area (Å²) in [6.07, 6.45) is 3.06. The summed E-state index contributed by atoms with van der Waals surface area (Å²) in [6, 6.07) is 3.63. The van der Waals surface area contributed by atoms with E-state index in [-0.39, 0.29) is 34.2 Å². The van der Waals surface area contributed by atoms with E-state index in [1.54, 1.807) is 17.2 Å². The molecule has 10 heteroatoms. The molecule has 2 atom stereocenters. The van der Waals surface area contributed by atoms with Crippen LogP contribution in [-0.2, 0) is 11.2 Å². The van der Waals surface area contributed by atoms with Crippen molar-refractivity contribution in [3.05, 3.63) is 23.3 Å². The Balaban J connectivity index is 1.69. The number of thioether (sulfide) groups is 2. The second-order valence-corrected chi connectivity index (χ2v) is 8.46. The number of fused-ring (bicyclic) bond motifs is 1. The van der Waals surface area contributed by atoms with Gasteiger partial charge in [-0.2, -0.15) is 0 Å². The number of carboxylic acid groups (broad SMARTS) is 1. The van der Waals surface area contributed by atoms with Gasteiger partial charge in [0, 0.05) is 24.0 Å². The summed E-state index contributed by atoms with van der Waals surface area (Å²) < 4.78 is 5.55. The molecule has 1 amide bonds. The summed E-state index contributed by atoms with van der Waals surface area (Å²) in [7, 11) is -1.16. The first-order chi connectivity index (χ1) is 12.4. The monoisotopic (exact) mass is 396 g/mol. The molecule has 1 aromatic carbocycles. The van der Waals surface area contributed by atoms with E-state index in [1.807, 2.05) is 6.07 Å². The van der Waals surface area contributed by atoms with Gasteiger partial charge < -0.3 is 25.4 Å². The Kier molecular flexibility index (Phi) is 6.06. The summed E-state index contributed by atoms with van der Waals surface area (Å²) >= 11 is 2.65. The molecule has 1 aromatic rings. The standard InChI is InChI=1S/C16H21BN2O5S2/c1-25-11-3-2-9-6-12(17(23)24-15(9)14(11)16(21)22)26-8-13(20)19-5-4-10(18)7-19/h2-3,10,12,23H,4-8,18H2,1H3,(H,21,22)/t10?,12-/m0/s1. The molecule has 0 radical (unpaired) electrons. The second-order valence-electron chi connectivity index (χ2n) is 6.39. The molecule has 1 saturated heterocycles. The van der Waals surface area contributed by atoms with Crippen LogP contribution in [-0.4, -0.2) is 70.3 Å². The normalized spacial score (nSPS) is 22.1. The fourth-order valence-electron chi connectivity index (χ4n) is 3.21. The molecule has 0 bridgehead atoms. The van der Waals surface area contributed by atoms with Crippen LogP contribution in [0.5, 0.6) is 5.75 Å². The van der Waals surface area contributed by atoms with Gasteiger partial charge in [-0.15, -0.1) is 23.5 Å². The van der Waals surface area contributed by atoms with Crippen LogP contribution in [0.4, 0.5) is 0 Å². The van der Waals surface area contributed by atoms with E-state index in [2.05, 4.69) is 0 Å². The molecule has 0 spiro atoms. The van der Waals surface area contributed by atoms with Crippen LogP contribution in [0.15, 0.2) is 17.0 Å². The fraction of sp³-hybridized carbons (Fsp3) is 0.500. The quantitative estimate of drug-likeness (QED) is 0.493. The smallest absolute Gasteiger partial charge is 0.535 e. The Morgan fingerprint density at radius 3 is 2.85 bits per heavy atom. The lowest BCUT2D eigenvalue weighted by molar-refractivity contribution is -0.127. The second kappa shape index (κ2) is 8.12. The lowest BCUT2D eigenvalue weighted by Gasteiger charge is -2.29. The molecule has 0 saturated carbocycles. The first-order valence-corrected chi connectivity index (χ1v) is 10.6. The molecule has 0 aliphatic carbocycles. The number of carbonyl (C=O) groups excluding carboxylic acids is 1. The van der Waals surface area contributed by atoms with Gasteiger partial charge in [-0.3, -0.25) is 4.79 Å². The van der Waals surface area contributed by atoms with E-state index in [1.165, 1.54) is 23.5 Å². The molecule has 1 unspecified atom stereocenters. The van der Waals surface area contributed by atoms with Gasteiger partial charge in [0.15, 0.2) is 0 Å². The van der Waals surface area contributed by atoms with Crippen molar-refractivity contribution in [1.29, 1.82) is 0 Å². The van der Waals surface area contributed by atoms with Crippen LogP contribution in [0.2, 0.25) is 0 Å². The first kappa shape index (κ1) is 19.4. The number of aromatic carboxylic acids is 1. The molecule has 2 aliphatic rings. The van der Waals surface area contributed by atoms with Crippen molar-refractivity contribution in [2.45, 2.75) is 28.9 Å². The van der Waals surface area contributed by atoms with Crippen LogP contribution in [0.1, 0.15) is 22.3 Å². The van der Waals surface area contributed by atoms with Gasteiger partial charge in [-0.05, 0) is 30.7 Å². The van der Waals surface area contributed by atoms with E-state index >= 15 is 0 Å². The van der Waals surface area contributed by atoms with Gasteiger partial charge in [0.2, 0.25) is 5.91 Å². The van der Waals surface area contributed by atoms with Crippen LogP contribution >= 0.6 is 23.5 Å². The maximum atomic E-state index is 12.3. The highest BCUT2D eigenvalue weighted by Gasteiger charge is 2.38. The van der Waals surface area contributed by atoms with Crippen LogP contribution in [0.3, 0.4) is 0 Å². The first-order valence-electron chi connectivity index (χ1n) is 8.33. The van der Waals surface area contributed by atoms with E-state index in [4.69, 9.17) is 10.4 Å². The third-order valence-corrected chi connectivity index (χ3v) is 6.63. The number of benzene rings is 1. The van der Waals surface area contributed by atoms with Gasteiger partial charge in [-0.1, -0.05) is 6.07 Å². The SMILES string of the molecule is CSc1ccc2c(c1C(=O)O)OB(O)[C@@H](SCC(=O)N1CCC(N)C1)C2. The number of likely N-dealkylation sites (tertiary alicyclic amines) is 1. The lowest BCUT2D eigenvalue weighted by atomic mass is 9.77. The van der Waals surface area contributed by atoms with Crippen molar-refractivity contribution in [3.63, 3.8) is 0 Å². The highest BCUT2D eigenvalue weighted by molar-refractivity contribution is 8.01. The molecule has 1 fully saturated rings. The number of rotatable bonds is 5. The van der Waals surface area contributed by atoms with Gasteiger partial charge >= 0.3 is 13.1 Å². The zero-order chi connectivity index (χ0) is 18.8. The maximum Gasteiger partial charge on any atom is 0.536 e. The maximum absolute atomic E-state index is 12.3. The van der Waals surface area contributed by atoms with E-state index in [9.17, 15) is 19.7 Å². The third kappa shape index (κ3) is 3.98. The zero-order valence-electron chi connectivity index (χ0n) is 14.4. The number of amides is 1. The van der Waals surface area contributed by atoms with Crippen LogP contribution in [0, 0.1) is 0 Å². The minimum atomic E-state index is -1.16. The minimum absolute atomic E-state index is 0.00454. The van der Waals surface area contributed by atoms with Crippen molar-refractivity contribution < 1.29 is 24.4 Å². The summed E-state index contributed by atoms with van der Waals surface area (Å²) in [6.45, 7) is 1.25. The van der Waals surface area contributed by atoms with Crippen molar-refractivity contribution in [2.24, 2.45) is 5.73 Å². The van der Waals surface area contributed by atoms with Crippen LogP contribution < -0.4 is 10.4 Å². The molecule has 140 valence electrons. The zero-order valence-corrected chi connectivity index (χ0v) is 16.0. The number of carboxylic acids is 1. The Bertz CT molecular complexity index is 720. The Labute approximate surface area is 160 Å². The molecule has 2 heterocycles. The third-order valence-electron chi connectivity index (χ3n) is 4.61. The summed E-state index contributed by atoms with van der Waals surface area (Å²) in [5, 5.41) is 19.5. The highest BCUT2D eigenvalue weighted by atomic mass is 32.2. The Morgan fingerprint density at radius 2 is 2.23 bits per heavy atom. The van der Waals surface area contributed by atoms with Crippen molar-refractivity contribution >= 4 is 42.5 Å². The van der Waals surface area contributed by atoms with E-state index < -0.39 is 13.1 Å². The molecule has 4 N–H and O–H groups in total. The van der Waals surface area contributed by atoms with Gasteiger partial charge in [0.1, 0.15) is 11.3 Å². The Hall–Kier alpha value is -1.36. The number of nitrogens with two attached hydrogens (primary N) is 1. The molecule has 2 aliphatic heterocycles. The van der Waals surface area contributed by atoms with Crippen LogP contribution in [0.25, 0.3) is 0 Å². The number of nitrogens with zero attached hydrogens (tertiary/aromatic N) is 1. The predicted octanol–water partition coefficient (Wildman–Crippen LogP) is 0.723. The Morgan fingerprint density at radius 1 is 1.46 bits per heavy atom.